The van der Waals surface area contributed by atoms with Crippen molar-refractivity contribution in [1.29, 1.82) is 0 Å². The maximum atomic E-state index is 2.48. The molecule has 12 heavy (non-hydrogen) atoms. The molecule has 0 radical (unpaired) electrons. The van der Waals surface area contributed by atoms with E-state index in [1.807, 2.05) is 0 Å². The predicted octanol–water partition coefficient (Wildman–Crippen LogP) is -1.12. The molecule has 72 valence electrons. The Labute approximate surface area is 76.3 Å². The first-order valence-corrected chi connectivity index (χ1v) is 5.52. The zero-order valence-electron chi connectivity index (χ0n) is 8.60. The SMILES string of the molecule is CC[NH+](CC)C[C@H]1CCC[NH2+]C1. The zero-order chi connectivity index (χ0) is 8.81. The lowest BCUT2D eigenvalue weighted by molar-refractivity contribution is -0.902. The summed E-state index contributed by atoms with van der Waals surface area (Å²) in [7, 11) is 0. The average Bonchev–Trinajstić information content (AvgIpc) is 2.16. The standard InChI is InChI=1S/C10H22N2/c1-3-12(4-2)9-10-6-5-7-11-8-10/h10-11H,3-9H2,1-2H3/p+2/t10-/m0/s1. The van der Waals surface area contributed by atoms with Gasteiger partial charge in [-0.3, -0.25) is 0 Å². The molecule has 0 aliphatic carbocycles. The van der Waals surface area contributed by atoms with Gasteiger partial charge in [0.05, 0.1) is 38.6 Å². The summed E-state index contributed by atoms with van der Waals surface area (Å²) in [5.74, 6) is 0.994. The second-order valence-electron chi connectivity index (χ2n) is 3.98. The summed E-state index contributed by atoms with van der Waals surface area (Å²) in [4.78, 5) is 1.77. The zero-order valence-corrected chi connectivity index (χ0v) is 8.60. The maximum Gasteiger partial charge on any atom is 0.0853 e. The lowest BCUT2D eigenvalue weighted by Gasteiger charge is -2.24. The third-order valence-corrected chi connectivity index (χ3v) is 3.10. The fourth-order valence-corrected chi connectivity index (χ4v) is 2.15. The Morgan fingerprint density at radius 1 is 1.33 bits per heavy atom. The van der Waals surface area contributed by atoms with Gasteiger partial charge < -0.3 is 10.2 Å². The molecule has 0 amide bonds. The molecule has 0 bridgehead atoms. The minimum atomic E-state index is 0.994. The third kappa shape index (κ3) is 3.11. The first kappa shape index (κ1) is 10.0. The van der Waals surface area contributed by atoms with Crippen LogP contribution in [0.15, 0.2) is 0 Å². The Kier molecular flexibility index (Phi) is 4.62. The van der Waals surface area contributed by atoms with E-state index < -0.39 is 0 Å². The van der Waals surface area contributed by atoms with Crippen LogP contribution in [0.2, 0.25) is 0 Å². The second kappa shape index (κ2) is 5.55. The van der Waals surface area contributed by atoms with E-state index in [4.69, 9.17) is 0 Å². The van der Waals surface area contributed by atoms with Crippen molar-refractivity contribution in [3.63, 3.8) is 0 Å². The van der Waals surface area contributed by atoms with Crippen LogP contribution < -0.4 is 10.2 Å². The van der Waals surface area contributed by atoms with Gasteiger partial charge in [-0.2, -0.15) is 0 Å². The molecule has 0 unspecified atom stereocenters. The van der Waals surface area contributed by atoms with Crippen molar-refractivity contribution >= 4 is 0 Å². The summed E-state index contributed by atoms with van der Waals surface area (Å²) in [6.45, 7) is 11.3. The van der Waals surface area contributed by atoms with E-state index >= 15 is 0 Å². The Morgan fingerprint density at radius 3 is 2.58 bits per heavy atom. The van der Waals surface area contributed by atoms with Crippen molar-refractivity contribution in [2.45, 2.75) is 26.7 Å². The van der Waals surface area contributed by atoms with Gasteiger partial charge in [-0.05, 0) is 26.7 Å². The van der Waals surface area contributed by atoms with E-state index in [0.717, 1.165) is 5.92 Å². The number of rotatable bonds is 4. The molecule has 2 heteroatoms. The molecule has 3 N–H and O–H groups in total. The van der Waals surface area contributed by atoms with Crippen LogP contribution in [0.4, 0.5) is 0 Å². The van der Waals surface area contributed by atoms with Crippen molar-refractivity contribution < 1.29 is 10.2 Å². The molecule has 2 nitrogen and oxygen atoms in total. The van der Waals surface area contributed by atoms with E-state index in [-0.39, 0.29) is 0 Å². The van der Waals surface area contributed by atoms with Gasteiger partial charge in [0.1, 0.15) is 0 Å². The molecule has 1 fully saturated rings. The van der Waals surface area contributed by atoms with Gasteiger partial charge in [-0.15, -0.1) is 0 Å². The lowest BCUT2D eigenvalue weighted by Crippen LogP contribution is -3.12. The molecule has 1 aliphatic heterocycles. The smallest absolute Gasteiger partial charge is 0.0853 e. The average molecular weight is 172 g/mol. The minimum Gasteiger partial charge on any atom is -0.346 e. The van der Waals surface area contributed by atoms with Crippen LogP contribution in [0.25, 0.3) is 0 Å². The minimum absolute atomic E-state index is 0.994. The Hall–Kier alpha value is -0.0800. The quantitative estimate of drug-likeness (QED) is 0.536. The molecule has 0 spiro atoms. The van der Waals surface area contributed by atoms with Crippen molar-refractivity contribution in [3.8, 4) is 0 Å². The Balaban J connectivity index is 2.18. The molecule has 0 aromatic rings. The summed E-state index contributed by atoms with van der Waals surface area (Å²) >= 11 is 0. The Bertz CT molecular complexity index is 104. The van der Waals surface area contributed by atoms with E-state index in [1.165, 1.54) is 45.6 Å². The van der Waals surface area contributed by atoms with Crippen molar-refractivity contribution in [2.24, 2.45) is 5.92 Å². The van der Waals surface area contributed by atoms with Gasteiger partial charge in [-0.1, -0.05) is 0 Å². The van der Waals surface area contributed by atoms with Gasteiger partial charge >= 0.3 is 0 Å². The molecular weight excluding hydrogens is 148 g/mol. The van der Waals surface area contributed by atoms with E-state index in [1.54, 1.807) is 4.90 Å². The van der Waals surface area contributed by atoms with Crippen LogP contribution in [-0.2, 0) is 0 Å². The molecule has 0 saturated carbocycles. The van der Waals surface area contributed by atoms with Crippen LogP contribution in [0.5, 0.6) is 0 Å². The second-order valence-corrected chi connectivity index (χ2v) is 3.98. The monoisotopic (exact) mass is 172 g/mol. The molecule has 1 aliphatic rings. The fourth-order valence-electron chi connectivity index (χ4n) is 2.15. The van der Waals surface area contributed by atoms with Crippen molar-refractivity contribution in [2.75, 3.05) is 32.7 Å². The summed E-state index contributed by atoms with van der Waals surface area (Å²) < 4.78 is 0. The summed E-state index contributed by atoms with van der Waals surface area (Å²) in [6, 6.07) is 0. The maximum absolute atomic E-state index is 2.48. The molecule has 1 atom stereocenters. The first-order chi connectivity index (χ1) is 5.86. The van der Waals surface area contributed by atoms with Crippen LogP contribution in [0, 0.1) is 5.92 Å². The van der Waals surface area contributed by atoms with E-state index in [0.29, 0.717) is 0 Å². The highest BCUT2D eigenvalue weighted by atomic mass is 15.1. The van der Waals surface area contributed by atoms with Crippen molar-refractivity contribution in [3.05, 3.63) is 0 Å². The van der Waals surface area contributed by atoms with Gasteiger partial charge in [0, 0.05) is 0 Å². The summed E-state index contributed by atoms with van der Waals surface area (Å²) in [5.41, 5.74) is 0. The number of hydrogen-bond donors (Lipinski definition) is 2. The number of nitrogens with two attached hydrogens (primary N) is 1. The van der Waals surface area contributed by atoms with E-state index in [2.05, 4.69) is 19.2 Å². The molecule has 1 rings (SSSR count). The fraction of sp³-hybridized carbons (Fsp3) is 1.00. The van der Waals surface area contributed by atoms with Crippen LogP contribution in [-0.4, -0.2) is 32.7 Å². The number of hydrogen-bond acceptors (Lipinski definition) is 0. The predicted molar refractivity (Wildman–Crippen MR) is 51.3 cm³/mol. The van der Waals surface area contributed by atoms with Crippen molar-refractivity contribution in [1.82, 2.24) is 0 Å². The van der Waals surface area contributed by atoms with Crippen LogP contribution >= 0.6 is 0 Å². The highest BCUT2D eigenvalue weighted by Crippen LogP contribution is 2.02. The normalized spacial score (nSPS) is 24.8. The molecule has 0 aromatic carbocycles. The van der Waals surface area contributed by atoms with Crippen LogP contribution in [0.1, 0.15) is 26.7 Å². The topological polar surface area (TPSA) is 21.1 Å². The number of piperidine rings is 1. The molecule has 1 heterocycles. The van der Waals surface area contributed by atoms with E-state index in [9.17, 15) is 0 Å². The molecular formula is C10H24N2+2. The summed E-state index contributed by atoms with van der Waals surface area (Å²) in [5, 5.41) is 2.48. The van der Waals surface area contributed by atoms with Gasteiger partial charge in [0.2, 0.25) is 0 Å². The summed E-state index contributed by atoms with van der Waals surface area (Å²) in [6.07, 6.45) is 2.91. The molecule has 1 saturated heterocycles. The molecule has 0 aromatic heterocycles. The van der Waals surface area contributed by atoms with Crippen LogP contribution in [0.3, 0.4) is 0 Å². The third-order valence-electron chi connectivity index (χ3n) is 3.10. The number of nitrogens with one attached hydrogen (secondary N) is 1. The lowest BCUT2D eigenvalue weighted by atomic mass is 9.99. The van der Waals surface area contributed by atoms with Gasteiger partial charge in [0.25, 0.3) is 0 Å². The number of quaternary nitrogens is 2. The van der Waals surface area contributed by atoms with Gasteiger partial charge in [0.15, 0.2) is 0 Å². The Morgan fingerprint density at radius 2 is 2.08 bits per heavy atom. The highest BCUT2D eigenvalue weighted by molar-refractivity contribution is 4.58. The largest absolute Gasteiger partial charge is 0.346 e. The van der Waals surface area contributed by atoms with Gasteiger partial charge in [-0.25, -0.2) is 0 Å². The highest BCUT2D eigenvalue weighted by Gasteiger charge is 2.19. The first-order valence-electron chi connectivity index (χ1n) is 5.52.